The van der Waals surface area contributed by atoms with Crippen molar-refractivity contribution < 1.29 is 22.8 Å². The number of carbonyl (C=O) groups is 2. The Kier molecular flexibility index (Phi) is 5.20. The van der Waals surface area contributed by atoms with E-state index in [0.29, 0.717) is 6.42 Å². The van der Waals surface area contributed by atoms with Crippen molar-refractivity contribution in [2.24, 2.45) is 5.92 Å². The molecule has 2 atom stereocenters. The fourth-order valence-electron chi connectivity index (χ4n) is 1.96. The Hall–Kier alpha value is -1.27. The van der Waals surface area contributed by atoms with Crippen LogP contribution in [0.2, 0.25) is 0 Å². The Morgan fingerprint density at radius 3 is 2.58 bits per heavy atom. The highest BCUT2D eigenvalue weighted by Crippen LogP contribution is 2.21. The Morgan fingerprint density at radius 2 is 2.05 bits per heavy atom. The lowest BCUT2D eigenvalue weighted by Crippen LogP contribution is -2.48. The van der Waals surface area contributed by atoms with Crippen LogP contribution in [0.25, 0.3) is 0 Å². The third kappa shape index (κ3) is 4.72. The van der Waals surface area contributed by atoms with Gasteiger partial charge in [-0.05, 0) is 5.92 Å². The highest BCUT2D eigenvalue weighted by atomic mass is 19.4. The molecule has 1 saturated heterocycles. The van der Waals surface area contributed by atoms with E-state index in [-0.39, 0.29) is 31.3 Å². The second kappa shape index (κ2) is 6.25. The van der Waals surface area contributed by atoms with Crippen LogP contribution in [-0.2, 0) is 9.59 Å². The third-order valence-corrected chi connectivity index (χ3v) is 3.38. The summed E-state index contributed by atoms with van der Waals surface area (Å²) >= 11 is 0. The highest BCUT2D eigenvalue weighted by Gasteiger charge is 2.35. The van der Waals surface area contributed by atoms with Crippen LogP contribution in [-0.4, -0.2) is 42.0 Å². The molecule has 1 aliphatic heterocycles. The van der Waals surface area contributed by atoms with Gasteiger partial charge in [0, 0.05) is 19.5 Å². The molecule has 0 aromatic carbocycles. The van der Waals surface area contributed by atoms with Crippen molar-refractivity contribution in [3.63, 3.8) is 0 Å². The van der Waals surface area contributed by atoms with Crippen molar-refractivity contribution in [3.8, 4) is 0 Å². The second-order valence-electron chi connectivity index (χ2n) is 4.87. The molecule has 7 heteroatoms. The number of halogens is 3. The van der Waals surface area contributed by atoms with E-state index < -0.39 is 24.5 Å². The lowest BCUT2D eigenvalue weighted by molar-refractivity contribution is -0.146. The molecule has 1 aliphatic rings. The number of hydrogen-bond acceptors (Lipinski definition) is 2. The number of nitrogens with zero attached hydrogens (tertiary/aromatic N) is 1. The van der Waals surface area contributed by atoms with Gasteiger partial charge in [-0.25, -0.2) is 0 Å². The van der Waals surface area contributed by atoms with Crippen molar-refractivity contribution in [2.75, 3.05) is 13.1 Å². The number of amides is 2. The summed E-state index contributed by atoms with van der Waals surface area (Å²) in [4.78, 5) is 24.8. The molecule has 4 nitrogen and oxygen atoms in total. The van der Waals surface area contributed by atoms with Gasteiger partial charge in [0.2, 0.25) is 11.8 Å². The Labute approximate surface area is 110 Å². The van der Waals surface area contributed by atoms with E-state index in [4.69, 9.17) is 0 Å². The maximum absolute atomic E-state index is 12.2. The first kappa shape index (κ1) is 15.8. The molecule has 1 fully saturated rings. The van der Waals surface area contributed by atoms with Gasteiger partial charge in [0.1, 0.15) is 6.04 Å². The summed E-state index contributed by atoms with van der Waals surface area (Å²) in [7, 11) is 0. The van der Waals surface area contributed by atoms with E-state index >= 15 is 0 Å². The zero-order valence-electron chi connectivity index (χ0n) is 11.1. The second-order valence-corrected chi connectivity index (χ2v) is 4.87. The average Bonchev–Trinajstić information content (AvgIpc) is 2.45. The molecule has 0 radical (unpaired) electrons. The summed E-state index contributed by atoms with van der Waals surface area (Å²) in [5.74, 6) is -0.791. The molecule has 1 heterocycles. The van der Waals surface area contributed by atoms with Crippen molar-refractivity contribution in [2.45, 2.75) is 45.3 Å². The molecule has 0 aliphatic carbocycles. The SMILES string of the molecule is CCC(C)C1NC(=O)CCN(CCC(F)(F)F)C1=O. The van der Waals surface area contributed by atoms with Crippen molar-refractivity contribution in [3.05, 3.63) is 0 Å². The number of rotatable bonds is 4. The van der Waals surface area contributed by atoms with Crippen LogP contribution in [0.5, 0.6) is 0 Å². The molecule has 2 unspecified atom stereocenters. The lowest BCUT2D eigenvalue weighted by atomic mass is 9.98. The van der Waals surface area contributed by atoms with Gasteiger partial charge < -0.3 is 10.2 Å². The predicted octanol–water partition coefficient (Wildman–Crippen LogP) is 1.70. The number of hydrogen-bond donors (Lipinski definition) is 1. The minimum atomic E-state index is -4.30. The van der Waals surface area contributed by atoms with Gasteiger partial charge in [-0.2, -0.15) is 13.2 Å². The van der Waals surface area contributed by atoms with Gasteiger partial charge in [-0.3, -0.25) is 9.59 Å². The van der Waals surface area contributed by atoms with E-state index in [0.717, 1.165) is 4.90 Å². The van der Waals surface area contributed by atoms with Crippen LogP contribution in [0.3, 0.4) is 0 Å². The molecule has 19 heavy (non-hydrogen) atoms. The fraction of sp³-hybridized carbons (Fsp3) is 0.833. The van der Waals surface area contributed by atoms with Crippen LogP contribution < -0.4 is 5.32 Å². The van der Waals surface area contributed by atoms with E-state index in [1.807, 2.05) is 6.92 Å². The third-order valence-electron chi connectivity index (χ3n) is 3.38. The van der Waals surface area contributed by atoms with Crippen molar-refractivity contribution in [1.29, 1.82) is 0 Å². The normalized spacial score (nSPS) is 23.0. The number of alkyl halides is 3. The zero-order valence-corrected chi connectivity index (χ0v) is 11.1. The monoisotopic (exact) mass is 280 g/mol. The van der Waals surface area contributed by atoms with Crippen LogP contribution in [0.1, 0.15) is 33.1 Å². The van der Waals surface area contributed by atoms with E-state index in [9.17, 15) is 22.8 Å². The fourth-order valence-corrected chi connectivity index (χ4v) is 1.96. The molecule has 2 amide bonds. The molecule has 1 N–H and O–H groups in total. The van der Waals surface area contributed by atoms with E-state index in [1.165, 1.54) is 0 Å². The lowest BCUT2D eigenvalue weighted by Gasteiger charge is -2.27. The largest absolute Gasteiger partial charge is 0.390 e. The summed E-state index contributed by atoms with van der Waals surface area (Å²) in [5, 5.41) is 2.60. The zero-order chi connectivity index (χ0) is 14.6. The standard InChI is InChI=1S/C12H19F3N2O2/c1-3-8(2)10-11(19)17(6-4-9(18)16-10)7-5-12(13,14)15/h8,10H,3-7H2,1-2H3,(H,16,18). The number of carbonyl (C=O) groups excluding carboxylic acids is 2. The molecule has 0 bridgehead atoms. The van der Waals surface area contributed by atoms with Gasteiger partial charge in [0.15, 0.2) is 0 Å². The Balaban J connectivity index is 2.75. The minimum Gasteiger partial charge on any atom is -0.344 e. The molecule has 0 aromatic rings. The van der Waals surface area contributed by atoms with Crippen LogP contribution in [0, 0.1) is 5.92 Å². The van der Waals surface area contributed by atoms with Gasteiger partial charge >= 0.3 is 6.18 Å². The quantitative estimate of drug-likeness (QED) is 0.852. The molecule has 0 aromatic heterocycles. The highest BCUT2D eigenvalue weighted by molar-refractivity contribution is 5.90. The Bertz CT molecular complexity index is 344. The molecule has 0 spiro atoms. The summed E-state index contributed by atoms with van der Waals surface area (Å²) in [6.07, 6.45) is -4.61. The summed E-state index contributed by atoms with van der Waals surface area (Å²) in [6, 6.07) is -0.715. The summed E-state index contributed by atoms with van der Waals surface area (Å²) < 4.78 is 36.7. The Morgan fingerprint density at radius 1 is 1.42 bits per heavy atom. The molecule has 1 rings (SSSR count). The number of nitrogens with one attached hydrogen (secondary N) is 1. The van der Waals surface area contributed by atoms with Crippen LogP contribution >= 0.6 is 0 Å². The first-order valence-electron chi connectivity index (χ1n) is 6.39. The van der Waals surface area contributed by atoms with Crippen LogP contribution in [0.4, 0.5) is 13.2 Å². The van der Waals surface area contributed by atoms with Gasteiger partial charge in [0.25, 0.3) is 0 Å². The summed E-state index contributed by atoms with van der Waals surface area (Å²) in [5.41, 5.74) is 0. The smallest absolute Gasteiger partial charge is 0.344 e. The van der Waals surface area contributed by atoms with Gasteiger partial charge in [-0.1, -0.05) is 20.3 Å². The molecular weight excluding hydrogens is 261 g/mol. The van der Waals surface area contributed by atoms with Gasteiger partial charge in [0.05, 0.1) is 6.42 Å². The predicted molar refractivity (Wildman–Crippen MR) is 63.3 cm³/mol. The molecule has 0 saturated carbocycles. The molecular formula is C12H19F3N2O2. The average molecular weight is 280 g/mol. The van der Waals surface area contributed by atoms with Crippen molar-refractivity contribution >= 4 is 11.8 Å². The first-order valence-corrected chi connectivity index (χ1v) is 6.39. The molecule has 110 valence electrons. The first-order chi connectivity index (χ1) is 8.74. The van der Waals surface area contributed by atoms with Crippen LogP contribution in [0.15, 0.2) is 0 Å². The van der Waals surface area contributed by atoms with Gasteiger partial charge in [-0.15, -0.1) is 0 Å². The minimum absolute atomic E-state index is 0.0493. The van der Waals surface area contributed by atoms with E-state index in [1.54, 1.807) is 6.92 Å². The maximum Gasteiger partial charge on any atom is 0.390 e. The van der Waals surface area contributed by atoms with E-state index in [2.05, 4.69) is 5.32 Å². The summed E-state index contributed by atoms with van der Waals surface area (Å²) in [6.45, 7) is 3.34. The maximum atomic E-state index is 12.2. The van der Waals surface area contributed by atoms with Crippen molar-refractivity contribution in [1.82, 2.24) is 10.2 Å². The topological polar surface area (TPSA) is 49.4 Å².